The van der Waals surface area contributed by atoms with Gasteiger partial charge in [0.25, 0.3) is 0 Å². The molecule has 0 saturated carbocycles. The molecule has 0 saturated heterocycles. The summed E-state index contributed by atoms with van der Waals surface area (Å²) in [5, 5.41) is 10.8. The van der Waals surface area contributed by atoms with E-state index in [9.17, 15) is 5.11 Å². The molecule has 44 heavy (non-hydrogen) atoms. The molecular formula is C38H52O6. The summed E-state index contributed by atoms with van der Waals surface area (Å²) in [6.07, 6.45) is 24.1. The van der Waals surface area contributed by atoms with Crippen molar-refractivity contribution in [2.75, 3.05) is 20.8 Å². The van der Waals surface area contributed by atoms with Crippen LogP contribution in [0.5, 0.6) is 5.75 Å². The highest BCUT2D eigenvalue weighted by Gasteiger charge is 2.22. The van der Waals surface area contributed by atoms with Gasteiger partial charge < -0.3 is 28.8 Å². The van der Waals surface area contributed by atoms with Gasteiger partial charge in [0.1, 0.15) is 11.9 Å². The minimum absolute atomic E-state index is 0.0141. The fourth-order valence-electron chi connectivity index (χ4n) is 5.66. The van der Waals surface area contributed by atoms with Crippen molar-refractivity contribution < 1.29 is 28.8 Å². The minimum atomic E-state index is -0.618. The average molecular weight is 605 g/mol. The van der Waals surface area contributed by atoms with E-state index >= 15 is 0 Å². The van der Waals surface area contributed by atoms with E-state index < -0.39 is 6.10 Å². The Bertz CT molecular complexity index is 1160. The quantitative estimate of drug-likeness (QED) is 0.140. The molecule has 6 nitrogen and oxygen atoms in total. The molecule has 0 amide bonds. The topological polar surface area (TPSA) is 66.4 Å². The van der Waals surface area contributed by atoms with Gasteiger partial charge in [-0.2, -0.15) is 0 Å². The highest BCUT2D eigenvalue weighted by atomic mass is 16.5. The molecule has 2 heterocycles. The van der Waals surface area contributed by atoms with Gasteiger partial charge in [0.05, 0.1) is 50.8 Å². The van der Waals surface area contributed by atoms with Gasteiger partial charge >= 0.3 is 0 Å². The lowest BCUT2D eigenvalue weighted by atomic mass is 9.91. The van der Waals surface area contributed by atoms with Gasteiger partial charge in [-0.1, -0.05) is 79.3 Å². The molecule has 0 aliphatic carbocycles. The zero-order valence-electron chi connectivity index (χ0n) is 27.0. The van der Waals surface area contributed by atoms with Gasteiger partial charge in [-0.05, 0) is 69.1 Å². The van der Waals surface area contributed by atoms with Crippen molar-refractivity contribution in [3.63, 3.8) is 0 Å². The van der Waals surface area contributed by atoms with E-state index in [1.54, 1.807) is 14.2 Å². The monoisotopic (exact) mass is 604 g/mol. The van der Waals surface area contributed by atoms with Crippen molar-refractivity contribution in [3.8, 4) is 18.1 Å². The third-order valence-corrected chi connectivity index (χ3v) is 8.01. The highest BCUT2D eigenvalue weighted by molar-refractivity contribution is 5.26. The largest absolute Gasteiger partial charge is 0.497 e. The molecule has 1 N–H and O–H groups in total. The third-order valence-electron chi connectivity index (χ3n) is 8.01. The molecule has 2 unspecified atom stereocenters. The number of hydrogen-bond donors (Lipinski definition) is 1. The van der Waals surface area contributed by atoms with E-state index in [-0.39, 0.29) is 30.5 Å². The van der Waals surface area contributed by atoms with E-state index in [2.05, 4.69) is 50.7 Å². The predicted octanol–water partition coefficient (Wildman–Crippen LogP) is 7.29. The maximum absolute atomic E-state index is 10.8. The van der Waals surface area contributed by atoms with Crippen LogP contribution in [0.25, 0.3) is 0 Å². The normalized spacial score (nSPS) is 23.2. The van der Waals surface area contributed by atoms with Crippen LogP contribution in [0, 0.1) is 18.3 Å². The summed E-state index contributed by atoms with van der Waals surface area (Å²) in [5.41, 5.74) is 3.40. The highest BCUT2D eigenvalue weighted by Crippen LogP contribution is 2.26. The number of aliphatic hydroxyl groups is 1. The van der Waals surface area contributed by atoms with Gasteiger partial charge in [-0.3, -0.25) is 0 Å². The lowest BCUT2D eigenvalue weighted by Crippen LogP contribution is -2.29. The number of benzene rings is 1. The van der Waals surface area contributed by atoms with Crippen molar-refractivity contribution in [1.29, 1.82) is 0 Å². The number of rotatable bonds is 18. The first-order chi connectivity index (χ1) is 21.3. The Labute approximate surface area is 265 Å². The summed E-state index contributed by atoms with van der Waals surface area (Å²) < 4.78 is 29.5. The smallest absolute Gasteiger partial charge is 0.118 e. The first kappa shape index (κ1) is 35.6. The molecule has 0 bridgehead atoms. The van der Waals surface area contributed by atoms with Crippen molar-refractivity contribution in [1.82, 2.24) is 0 Å². The average Bonchev–Trinajstić information content (AvgIpc) is 3.00. The molecular weight excluding hydrogens is 552 g/mol. The van der Waals surface area contributed by atoms with Crippen LogP contribution in [0.4, 0.5) is 0 Å². The van der Waals surface area contributed by atoms with E-state index in [1.165, 1.54) is 5.57 Å². The van der Waals surface area contributed by atoms with Crippen LogP contribution in [0.1, 0.15) is 64.4 Å². The molecule has 2 aliphatic heterocycles. The Morgan fingerprint density at radius 3 is 2.70 bits per heavy atom. The fraction of sp³-hybridized carbons (Fsp3) is 0.526. The summed E-state index contributed by atoms with van der Waals surface area (Å²) in [5.74, 6) is 3.89. The lowest BCUT2D eigenvalue weighted by Gasteiger charge is -2.27. The number of methoxy groups -OCH3 is 2. The molecule has 0 radical (unpaired) electrons. The molecule has 240 valence electrons. The summed E-state index contributed by atoms with van der Waals surface area (Å²) in [7, 11) is 3.35. The summed E-state index contributed by atoms with van der Waals surface area (Å²) in [6.45, 7) is 9.65. The number of terminal acetylenes is 1. The lowest BCUT2D eigenvalue weighted by molar-refractivity contribution is -0.0420. The molecule has 2 aliphatic rings. The number of aliphatic hydroxyl groups excluding tert-OH is 1. The summed E-state index contributed by atoms with van der Waals surface area (Å²) in [6, 6.07) is 7.85. The fourth-order valence-corrected chi connectivity index (χ4v) is 5.66. The third kappa shape index (κ3) is 13.0. The molecule has 1 aromatic carbocycles. The van der Waals surface area contributed by atoms with Crippen molar-refractivity contribution in [3.05, 3.63) is 90.1 Å². The zero-order valence-corrected chi connectivity index (χ0v) is 27.0. The molecule has 1 aromatic rings. The molecule has 7 atom stereocenters. The van der Waals surface area contributed by atoms with Crippen molar-refractivity contribution in [2.45, 2.75) is 102 Å². The number of hydrogen-bond acceptors (Lipinski definition) is 6. The molecule has 0 fully saturated rings. The van der Waals surface area contributed by atoms with E-state index in [1.807, 2.05) is 42.5 Å². The van der Waals surface area contributed by atoms with Crippen molar-refractivity contribution in [2.24, 2.45) is 5.92 Å². The van der Waals surface area contributed by atoms with E-state index in [4.69, 9.17) is 30.1 Å². The van der Waals surface area contributed by atoms with Crippen LogP contribution in [0.3, 0.4) is 0 Å². The van der Waals surface area contributed by atoms with Crippen LogP contribution < -0.4 is 4.74 Å². The molecule has 3 rings (SSSR count). The maximum Gasteiger partial charge on any atom is 0.118 e. The first-order valence-corrected chi connectivity index (χ1v) is 15.8. The van der Waals surface area contributed by atoms with Gasteiger partial charge in [0.15, 0.2) is 0 Å². The second-order valence-corrected chi connectivity index (χ2v) is 12.0. The van der Waals surface area contributed by atoms with Gasteiger partial charge in [0.2, 0.25) is 0 Å². The van der Waals surface area contributed by atoms with Crippen molar-refractivity contribution >= 4 is 0 Å². The van der Waals surface area contributed by atoms with Crippen LogP contribution in [0.15, 0.2) is 84.5 Å². The Kier molecular flexibility index (Phi) is 15.7. The van der Waals surface area contributed by atoms with Crippen LogP contribution in [-0.4, -0.2) is 62.6 Å². The van der Waals surface area contributed by atoms with E-state index in [0.29, 0.717) is 38.4 Å². The Hall–Kier alpha value is -2.92. The second-order valence-electron chi connectivity index (χ2n) is 12.0. The molecule has 6 heteroatoms. The van der Waals surface area contributed by atoms with Crippen LogP contribution in [0.2, 0.25) is 0 Å². The van der Waals surface area contributed by atoms with Crippen LogP contribution in [-0.2, 0) is 25.6 Å². The van der Waals surface area contributed by atoms with Gasteiger partial charge in [0, 0.05) is 13.5 Å². The zero-order chi connectivity index (χ0) is 31.7. The van der Waals surface area contributed by atoms with Gasteiger partial charge in [-0.15, -0.1) is 12.3 Å². The molecule has 0 aromatic heterocycles. The van der Waals surface area contributed by atoms with Crippen LogP contribution >= 0.6 is 0 Å². The van der Waals surface area contributed by atoms with Gasteiger partial charge in [-0.25, -0.2) is 0 Å². The molecule has 0 spiro atoms. The predicted molar refractivity (Wildman–Crippen MR) is 177 cm³/mol. The Balaban J connectivity index is 1.53. The second kappa shape index (κ2) is 19.5. The van der Waals surface area contributed by atoms with E-state index in [0.717, 1.165) is 42.6 Å². The standard InChI is InChI=1S/C38H52O6/c1-7-10-34-12-9-13-36(44-34)26-30(4)23-29(3)24-32(39)11-8-14-38(43-27-31-15-17-33(40-5)18-16-31)37(41-6)20-19-35-25-28(2)21-22-42-35/h1,8-9,11-12,15-21,30,32,34-39H,3,10,13-14,22-27H2,2,4-6H3/b11-8+,20-19+/t30-,32?,34+,35+,36-,37?,38-/m0/s1. The maximum atomic E-state index is 10.8. The SMILES string of the molecule is C#CC[C@@H]1C=CC[C@@H](C[C@@H](C)CC(=C)CC(O)/C=C/C[C@H](OCc2ccc(OC)cc2)C(/C=C/[C@@H]2CC(C)=CCO2)OC)O1. The summed E-state index contributed by atoms with van der Waals surface area (Å²) >= 11 is 0. The Morgan fingerprint density at radius 1 is 1.20 bits per heavy atom. The summed E-state index contributed by atoms with van der Waals surface area (Å²) in [4.78, 5) is 0. The Morgan fingerprint density at radius 2 is 2.00 bits per heavy atom. The first-order valence-electron chi connectivity index (χ1n) is 15.8. The number of ether oxygens (including phenoxy) is 5. The minimum Gasteiger partial charge on any atom is -0.497 e.